The molecule has 36 heavy (non-hydrogen) atoms. The number of halogens is 1. The SMILES string of the molecule is COc1ccc(CC(C(=O)NO)n2cc(CNS(=O)(=O)c3ccc(-c4ccccn4)s3)nn2)cc1Cl. The van der Waals surface area contributed by atoms with Gasteiger partial charge in [0, 0.05) is 12.6 Å². The summed E-state index contributed by atoms with van der Waals surface area (Å²) in [5, 5.41) is 17.5. The van der Waals surface area contributed by atoms with Gasteiger partial charge in [-0.1, -0.05) is 28.9 Å². The van der Waals surface area contributed by atoms with Gasteiger partial charge in [-0.3, -0.25) is 15.0 Å². The molecule has 0 saturated carbocycles. The van der Waals surface area contributed by atoms with Crippen molar-refractivity contribution in [3.8, 4) is 16.3 Å². The summed E-state index contributed by atoms with van der Waals surface area (Å²) in [6.07, 6.45) is 3.20. The number of sulfonamides is 1. The van der Waals surface area contributed by atoms with Crippen molar-refractivity contribution in [3.05, 3.63) is 77.2 Å². The molecule has 0 radical (unpaired) electrons. The summed E-state index contributed by atoms with van der Waals surface area (Å²) >= 11 is 7.27. The van der Waals surface area contributed by atoms with E-state index in [9.17, 15) is 18.4 Å². The van der Waals surface area contributed by atoms with Crippen molar-refractivity contribution in [1.82, 2.24) is 30.2 Å². The van der Waals surface area contributed by atoms with Crippen molar-refractivity contribution in [3.63, 3.8) is 0 Å². The highest BCUT2D eigenvalue weighted by Gasteiger charge is 2.24. The zero-order chi connectivity index (χ0) is 25.7. The smallest absolute Gasteiger partial charge is 0.268 e. The minimum Gasteiger partial charge on any atom is -0.495 e. The quantitative estimate of drug-likeness (QED) is 0.202. The van der Waals surface area contributed by atoms with E-state index >= 15 is 0 Å². The van der Waals surface area contributed by atoms with Crippen LogP contribution in [0.3, 0.4) is 0 Å². The van der Waals surface area contributed by atoms with Crippen LogP contribution in [0.5, 0.6) is 5.75 Å². The average molecular weight is 549 g/mol. The Morgan fingerprint density at radius 3 is 2.78 bits per heavy atom. The van der Waals surface area contributed by atoms with Gasteiger partial charge in [-0.2, -0.15) is 0 Å². The van der Waals surface area contributed by atoms with Crippen LogP contribution in [0.4, 0.5) is 0 Å². The molecule has 0 aliphatic carbocycles. The van der Waals surface area contributed by atoms with Crippen molar-refractivity contribution in [1.29, 1.82) is 0 Å². The molecule has 11 nitrogen and oxygen atoms in total. The largest absolute Gasteiger partial charge is 0.495 e. The van der Waals surface area contributed by atoms with Crippen molar-refractivity contribution >= 4 is 38.9 Å². The van der Waals surface area contributed by atoms with E-state index in [4.69, 9.17) is 16.3 Å². The van der Waals surface area contributed by atoms with Gasteiger partial charge in [-0.15, -0.1) is 16.4 Å². The predicted octanol–water partition coefficient (Wildman–Crippen LogP) is 2.83. The first kappa shape index (κ1) is 25.7. The number of carbonyl (C=O) groups excluding carboxylic acids is 1. The summed E-state index contributed by atoms with van der Waals surface area (Å²) in [7, 11) is -2.33. The van der Waals surface area contributed by atoms with Gasteiger partial charge in [0.1, 0.15) is 16.0 Å². The molecule has 0 aliphatic heterocycles. The third-order valence-corrected chi connectivity index (χ3v) is 8.44. The number of benzene rings is 1. The maximum Gasteiger partial charge on any atom is 0.268 e. The molecule has 3 N–H and O–H groups in total. The molecule has 0 saturated heterocycles. The van der Waals surface area contributed by atoms with Gasteiger partial charge in [0.25, 0.3) is 5.91 Å². The number of pyridine rings is 1. The molecular formula is C22H21ClN6O5S2. The fourth-order valence-electron chi connectivity index (χ4n) is 3.34. The average Bonchev–Trinajstić information content (AvgIpc) is 3.57. The van der Waals surface area contributed by atoms with Crippen LogP contribution < -0.4 is 14.9 Å². The number of nitrogens with one attached hydrogen (secondary N) is 2. The van der Waals surface area contributed by atoms with Crippen molar-refractivity contribution < 1.29 is 23.2 Å². The molecule has 14 heteroatoms. The van der Waals surface area contributed by atoms with Crippen LogP contribution in [-0.4, -0.2) is 46.6 Å². The van der Waals surface area contributed by atoms with Gasteiger partial charge in [-0.25, -0.2) is 23.3 Å². The third-order valence-electron chi connectivity index (χ3n) is 5.14. The third kappa shape index (κ3) is 5.88. The summed E-state index contributed by atoms with van der Waals surface area (Å²) in [4.78, 5) is 17.3. The second-order valence-corrected chi connectivity index (χ2v) is 11.0. The maximum absolute atomic E-state index is 12.8. The molecule has 0 spiro atoms. The maximum atomic E-state index is 12.8. The topological polar surface area (TPSA) is 148 Å². The van der Waals surface area contributed by atoms with Crippen LogP contribution in [0.1, 0.15) is 17.3 Å². The van der Waals surface area contributed by atoms with Crippen molar-refractivity contribution in [2.45, 2.75) is 23.2 Å². The number of nitrogens with zero attached hydrogens (tertiary/aromatic N) is 4. The molecule has 1 aromatic carbocycles. The standard InChI is InChI=1S/C22H21ClN6O5S2/c1-34-19-6-5-14(10-16(19)23)11-18(22(30)27-31)29-13-15(26-28-29)12-25-36(32,33)21-8-7-20(35-21)17-4-2-3-9-24-17/h2-10,13,18,25,31H,11-12H2,1H3,(H,27,30). The van der Waals surface area contributed by atoms with Crippen LogP contribution in [0.2, 0.25) is 5.02 Å². The lowest BCUT2D eigenvalue weighted by Gasteiger charge is -2.15. The molecule has 4 rings (SSSR count). The van der Waals surface area contributed by atoms with Crippen LogP contribution in [0, 0.1) is 0 Å². The van der Waals surface area contributed by atoms with E-state index in [0.29, 0.717) is 22.0 Å². The zero-order valence-electron chi connectivity index (χ0n) is 18.8. The summed E-state index contributed by atoms with van der Waals surface area (Å²) in [5.41, 5.74) is 3.27. The van der Waals surface area contributed by atoms with Crippen molar-refractivity contribution in [2.75, 3.05) is 7.11 Å². The first-order valence-corrected chi connectivity index (χ1v) is 13.2. The lowest BCUT2D eigenvalue weighted by atomic mass is 10.1. The first-order valence-electron chi connectivity index (χ1n) is 10.5. The number of ether oxygens (including phenoxy) is 1. The molecule has 4 aromatic rings. The lowest BCUT2D eigenvalue weighted by Crippen LogP contribution is -2.32. The van der Waals surface area contributed by atoms with E-state index in [2.05, 4.69) is 20.0 Å². The second kappa shape index (κ2) is 11.1. The molecule has 3 heterocycles. The summed E-state index contributed by atoms with van der Waals surface area (Å²) in [6.45, 7) is -0.152. The minimum absolute atomic E-state index is 0.129. The number of hydrogen-bond acceptors (Lipinski definition) is 9. The molecule has 1 amide bonds. The lowest BCUT2D eigenvalue weighted by molar-refractivity contribution is -0.133. The predicted molar refractivity (Wildman–Crippen MR) is 132 cm³/mol. The Morgan fingerprint density at radius 1 is 1.25 bits per heavy atom. The summed E-state index contributed by atoms with van der Waals surface area (Å²) in [6, 6.07) is 12.7. The van der Waals surface area contributed by atoms with E-state index in [-0.39, 0.29) is 22.9 Å². The highest BCUT2D eigenvalue weighted by Crippen LogP contribution is 2.29. The Kier molecular flexibility index (Phi) is 7.96. The number of amides is 1. The molecule has 1 unspecified atom stereocenters. The van der Waals surface area contributed by atoms with Crippen LogP contribution in [0.25, 0.3) is 10.6 Å². The van der Waals surface area contributed by atoms with Crippen LogP contribution in [0.15, 0.2) is 65.1 Å². The van der Waals surface area contributed by atoms with Gasteiger partial charge in [0.2, 0.25) is 10.0 Å². The molecular weight excluding hydrogens is 528 g/mol. The Hall–Kier alpha value is -3.36. The number of aromatic nitrogens is 4. The number of hydrogen-bond donors (Lipinski definition) is 3. The Labute approximate surface area is 215 Å². The van der Waals surface area contributed by atoms with Crippen LogP contribution >= 0.6 is 22.9 Å². The molecule has 1 atom stereocenters. The molecule has 0 fully saturated rings. The first-order chi connectivity index (χ1) is 17.3. The summed E-state index contributed by atoms with van der Waals surface area (Å²) < 4.78 is 34.5. The molecule has 188 valence electrons. The second-order valence-electron chi connectivity index (χ2n) is 7.51. The monoisotopic (exact) mass is 548 g/mol. The van der Waals surface area contributed by atoms with Gasteiger partial charge < -0.3 is 4.74 Å². The van der Waals surface area contributed by atoms with Gasteiger partial charge in [0.15, 0.2) is 0 Å². The van der Waals surface area contributed by atoms with Crippen LogP contribution in [-0.2, 0) is 27.8 Å². The van der Waals surface area contributed by atoms with Crippen molar-refractivity contribution in [2.24, 2.45) is 0 Å². The fourth-order valence-corrected chi connectivity index (χ4v) is 5.95. The highest BCUT2D eigenvalue weighted by molar-refractivity contribution is 7.91. The number of thiophene rings is 1. The van der Waals surface area contributed by atoms with E-state index in [0.717, 1.165) is 16.2 Å². The molecule has 0 bridgehead atoms. The molecule has 0 aliphatic rings. The number of rotatable bonds is 10. The van der Waals surface area contributed by atoms with Gasteiger partial charge in [-0.05, 0) is 42.0 Å². The Morgan fingerprint density at radius 2 is 2.08 bits per heavy atom. The number of methoxy groups -OCH3 is 1. The van der Waals surface area contributed by atoms with Gasteiger partial charge in [0.05, 0.1) is 41.1 Å². The Balaban J connectivity index is 1.46. The normalized spacial score (nSPS) is 12.3. The van der Waals surface area contributed by atoms with Gasteiger partial charge >= 0.3 is 0 Å². The number of carbonyl (C=O) groups is 1. The molecule has 3 aromatic heterocycles. The van der Waals surface area contributed by atoms with E-state index in [1.54, 1.807) is 48.1 Å². The fraction of sp³-hybridized carbons (Fsp3) is 0.182. The van der Waals surface area contributed by atoms with E-state index in [1.807, 2.05) is 6.07 Å². The highest BCUT2D eigenvalue weighted by atomic mass is 35.5. The van der Waals surface area contributed by atoms with E-state index < -0.39 is 22.0 Å². The Bertz CT molecular complexity index is 1460. The number of hydroxylamine groups is 1. The summed E-state index contributed by atoms with van der Waals surface area (Å²) in [5.74, 6) is -0.239. The van der Waals surface area contributed by atoms with E-state index in [1.165, 1.54) is 24.1 Å². The zero-order valence-corrected chi connectivity index (χ0v) is 21.2. The minimum atomic E-state index is -3.82.